The fourth-order valence-corrected chi connectivity index (χ4v) is 4.34. The molecule has 0 unspecified atom stereocenters. The number of thioether (sulfide) groups is 1. The monoisotopic (exact) mass is 481 g/mol. The maximum Gasteiger partial charge on any atom is 0.192 e. The molecule has 0 atom stereocenters. The number of phenols is 1. The van der Waals surface area contributed by atoms with Crippen molar-refractivity contribution in [3.63, 3.8) is 0 Å². The van der Waals surface area contributed by atoms with E-state index in [-0.39, 0.29) is 5.75 Å². The number of nitrogens with zero attached hydrogens (tertiary/aromatic N) is 6. The average molecular weight is 482 g/mol. The summed E-state index contributed by atoms with van der Waals surface area (Å²) >= 11 is 1.53. The van der Waals surface area contributed by atoms with Crippen LogP contribution in [0.1, 0.15) is 23.6 Å². The zero-order valence-corrected chi connectivity index (χ0v) is 19.9. The summed E-state index contributed by atoms with van der Waals surface area (Å²) in [6.45, 7) is 2.36. The fourth-order valence-electron chi connectivity index (χ4n) is 3.54. The first kappa shape index (κ1) is 22.5. The van der Waals surface area contributed by atoms with Crippen molar-refractivity contribution in [1.29, 1.82) is 0 Å². The van der Waals surface area contributed by atoms with Gasteiger partial charge in [0.05, 0.1) is 12.3 Å². The van der Waals surface area contributed by atoms with E-state index in [1.54, 1.807) is 16.8 Å². The van der Waals surface area contributed by atoms with Crippen molar-refractivity contribution in [3.05, 3.63) is 102 Å². The molecular weight excluding hydrogens is 458 g/mol. The number of rotatable bonds is 8. The van der Waals surface area contributed by atoms with Crippen molar-refractivity contribution in [3.8, 4) is 5.75 Å². The molecule has 5 rings (SSSR count). The molecular formula is C26H23N7OS. The Bertz CT molecular complexity index is 1470. The zero-order valence-electron chi connectivity index (χ0n) is 19.0. The van der Waals surface area contributed by atoms with E-state index < -0.39 is 0 Å². The van der Waals surface area contributed by atoms with Crippen LogP contribution in [0.25, 0.3) is 11.2 Å². The van der Waals surface area contributed by atoms with Gasteiger partial charge < -0.3 is 5.11 Å². The van der Waals surface area contributed by atoms with Crippen LogP contribution in [-0.2, 0) is 12.3 Å². The fraction of sp³-hybridized carbons (Fsp3) is 0.115. The molecule has 0 fully saturated rings. The molecule has 2 heterocycles. The number of aromatic nitrogens is 5. The van der Waals surface area contributed by atoms with Gasteiger partial charge in [0.15, 0.2) is 22.1 Å². The van der Waals surface area contributed by atoms with Crippen LogP contribution in [0.2, 0.25) is 0 Å². The number of hydrazone groups is 1. The number of aromatic hydroxyl groups is 1. The maximum absolute atomic E-state index is 10.2. The second-order valence-electron chi connectivity index (χ2n) is 7.86. The van der Waals surface area contributed by atoms with Crippen LogP contribution in [0.15, 0.2) is 95.2 Å². The summed E-state index contributed by atoms with van der Waals surface area (Å²) in [7, 11) is 0. The van der Waals surface area contributed by atoms with Gasteiger partial charge >= 0.3 is 0 Å². The molecule has 2 N–H and O–H groups in total. The molecule has 0 spiro atoms. The molecule has 0 aliphatic heterocycles. The number of hydrogen-bond donors (Lipinski definition) is 2. The summed E-state index contributed by atoms with van der Waals surface area (Å²) in [5, 5.41) is 23.9. The van der Waals surface area contributed by atoms with Crippen LogP contribution in [0.3, 0.4) is 0 Å². The van der Waals surface area contributed by atoms with Crippen molar-refractivity contribution in [2.45, 2.75) is 24.4 Å². The van der Waals surface area contributed by atoms with E-state index in [2.05, 4.69) is 38.0 Å². The predicted molar refractivity (Wildman–Crippen MR) is 139 cm³/mol. The Morgan fingerprint density at radius 2 is 1.60 bits per heavy atom. The highest BCUT2D eigenvalue weighted by Crippen LogP contribution is 2.26. The molecule has 174 valence electrons. The molecule has 9 heteroatoms. The summed E-state index contributed by atoms with van der Waals surface area (Å²) in [4.78, 5) is 9.45. The highest BCUT2D eigenvalue weighted by molar-refractivity contribution is 7.98. The van der Waals surface area contributed by atoms with Gasteiger partial charge in [-0.15, -0.1) is 5.10 Å². The van der Waals surface area contributed by atoms with Crippen LogP contribution >= 0.6 is 11.8 Å². The number of benzene rings is 3. The van der Waals surface area contributed by atoms with E-state index in [0.717, 1.165) is 11.3 Å². The number of fused-ring (bicyclic) bond motifs is 1. The number of nitrogens with one attached hydrogen (secondary N) is 1. The maximum atomic E-state index is 10.2. The number of para-hydroxylation sites is 1. The molecule has 0 aliphatic carbocycles. The minimum atomic E-state index is 0.163. The number of anilines is 1. The van der Waals surface area contributed by atoms with Gasteiger partial charge in [-0.1, -0.05) is 89.8 Å². The minimum absolute atomic E-state index is 0.163. The topological polar surface area (TPSA) is 101 Å². The van der Waals surface area contributed by atoms with E-state index in [9.17, 15) is 5.11 Å². The van der Waals surface area contributed by atoms with Gasteiger partial charge in [0.1, 0.15) is 5.75 Å². The first-order valence-corrected chi connectivity index (χ1v) is 12.1. The van der Waals surface area contributed by atoms with E-state index >= 15 is 0 Å². The Morgan fingerprint density at radius 3 is 2.34 bits per heavy atom. The van der Waals surface area contributed by atoms with Gasteiger partial charge in [0.25, 0.3) is 0 Å². The lowest BCUT2D eigenvalue weighted by molar-refractivity contribution is 0.474. The number of hydrogen-bond acceptors (Lipinski definition) is 8. The normalized spacial score (nSPS) is 11.6. The standard InChI is InChI=1S/C26H23N7OS/c1-18(21-14-8-9-15-22(21)34)29-31-24-23-25(33(32-30-23)16-19-10-4-2-5-11-19)28-26(27-24)35-17-20-12-6-3-7-13-20/h2-15,34H,16-17H2,1H3,(H,27,28,31)/b29-18+. The summed E-state index contributed by atoms with van der Waals surface area (Å²) < 4.78 is 1.77. The Morgan fingerprint density at radius 1 is 0.914 bits per heavy atom. The van der Waals surface area contributed by atoms with E-state index in [0.29, 0.717) is 40.0 Å². The Balaban J connectivity index is 1.49. The Labute approximate surface area is 206 Å². The summed E-state index contributed by atoms with van der Waals surface area (Å²) in [6.07, 6.45) is 0. The van der Waals surface area contributed by atoms with Crippen molar-refractivity contribution in [2.24, 2.45) is 5.10 Å². The molecule has 0 radical (unpaired) electrons. The summed E-state index contributed by atoms with van der Waals surface area (Å²) in [6, 6.07) is 27.3. The van der Waals surface area contributed by atoms with Gasteiger partial charge in [-0.05, 0) is 30.2 Å². The quantitative estimate of drug-likeness (QED) is 0.138. The first-order valence-electron chi connectivity index (χ1n) is 11.1. The van der Waals surface area contributed by atoms with Crippen LogP contribution in [-0.4, -0.2) is 35.8 Å². The third-order valence-electron chi connectivity index (χ3n) is 5.35. The third kappa shape index (κ3) is 5.30. The Hall–Kier alpha value is -4.24. The van der Waals surface area contributed by atoms with Crippen molar-refractivity contribution >= 4 is 34.5 Å². The van der Waals surface area contributed by atoms with Gasteiger partial charge in [-0.25, -0.2) is 14.6 Å². The van der Waals surface area contributed by atoms with Gasteiger partial charge in [0.2, 0.25) is 0 Å². The molecule has 3 aromatic carbocycles. The molecule has 2 aromatic heterocycles. The molecule has 0 saturated carbocycles. The van der Waals surface area contributed by atoms with Gasteiger partial charge in [-0.2, -0.15) is 5.10 Å². The van der Waals surface area contributed by atoms with Crippen LogP contribution in [0.4, 0.5) is 5.82 Å². The van der Waals surface area contributed by atoms with Crippen LogP contribution < -0.4 is 5.43 Å². The van der Waals surface area contributed by atoms with Crippen molar-refractivity contribution < 1.29 is 5.11 Å². The SMILES string of the molecule is C/C(=N\Nc1nc(SCc2ccccc2)nc2c1nnn2Cc1ccccc1)c1ccccc1O. The van der Waals surface area contributed by atoms with E-state index in [1.807, 2.05) is 67.6 Å². The lowest BCUT2D eigenvalue weighted by Crippen LogP contribution is -2.05. The summed E-state index contributed by atoms with van der Waals surface area (Å²) in [5.74, 6) is 1.35. The average Bonchev–Trinajstić information content (AvgIpc) is 3.30. The van der Waals surface area contributed by atoms with Crippen molar-refractivity contribution in [2.75, 3.05) is 5.43 Å². The molecule has 35 heavy (non-hydrogen) atoms. The van der Waals surface area contributed by atoms with E-state index in [1.165, 1.54) is 17.3 Å². The molecule has 0 saturated heterocycles. The van der Waals surface area contributed by atoms with Crippen molar-refractivity contribution in [1.82, 2.24) is 25.0 Å². The Kier molecular flexibility index (Phi) is 6.67. The van der Waals surface area contributed by atoms with Crippen LogP contribution in [0, 0.1) is 0 Å². The predicted octanol–water partition coefficient (Wildman–Crippen LogP) is 5.10. The number of phenolic OH excluding ortho intramolecular Hbond substituents is 1. The summed E-state index contributed by atoms with van der Waals surface area (Å²) in [5.41, 5.74) is 7.70. The minimum Gasteiger partial charge on any atom is -0.507 e. The second kappa shape index (κ2) is 10.4. The lowest BCUT2D eigenvalue weighted by Gasteiger charge is -2.08. The van der Waals surface area contributed by atoms with Gasteiger partial charge in [-0.3, -0.25) is 5.43 Å². The second-order valence-corrected chi connectivity index (χ2v) is 8.80. The smallest absolute Gasteiger partial charge is 0.192 e. The molecule has 5 aromatic rings. The molecule has 8 nitrogen and oxygen atoms in total. The molecule has 0 aliphatic rings. The zero-order chi connectivity index (χ0) is 24.0. The first-order chi connectivity index (χ1) is 17.2. The molecule has 0 amide bonds. The lowest BCUT2D eigenvalue weighted by atomic mass is 10.1. The third-order valence-corrected chi connectivity index (χ3v) is 6.27. The van der Waals surface area contributed by atoms with Gasteiger partial charge in [0, 0.05) is 11.3 Å². The van der Waals surface area contributed by atoms with E-state index in [4.69, 9.17) is 4.98 Å². The molecule has 0 bridgehead atoms. The highest BCUT2D eigenvalue weighted by atomic mass is 32.2. The van der Waals surface area contributed by atoms with Crippen LogP contribution in [0.5, 0.6) is 5.75 Å². The highest BCUT2D eigenvalue weighted by Gasteiger charge is 2.16. The largest absolute Gasteiger partial charge is 0.507 e.